The molecule has 0 saturated carbocycles. The maximum atomic E-state index is 12.8. The van der Waals surface area contributed by atoms with Gasteiger partial charge in [-0.1, -0.05) is 35.9 Å². The van der Waals surface area contributed by atoms with Crippen LogP contribution in [0.15, 0.2) is 36.7 Å². The molecule has 4 nitrogen and oxygen atoms in total. The Morgan fingerprint density at radius 1 is 1.08 bits per heavy atom. The SMILES string of the molecule is Cn1cc(C(F)(F)F)nc1-c1ccc(Cc2nc(Cl)ncc2Cl)cc1. The van der Waals surface area contributed by atoms with E-state index in [1.165, 1.54) is 17.8 Å². The lowest BCUT2D eigenvalue weighted by Gasteiger charge is -2.06. The van der Waals surface area contributed by atoms with Crippen LogP contribution < -0.4 is 0 Å². The molecule has 0 amide bonds. The van der Waals surface area contributed by atoms with Gasteiger partial charge in [0.25, 0.3) is 0 Å². The summed E-state index contributed by atoms with van der Waals surface area (Å²) < 4.78 is 39.6. The van der Waals surface area contributed by atoms with E-state index in [-0.39, 0.29) is 11.1 Å². The second-order valence-corrected chi connectivity index (χ2v) is 6.11. The Labute approximate surface area is 151 Å². The number of nitrogens with zero attached hydrogens (tertiary/aromatic N) is 4. The minimum Gasteiger partial charge on any atom is -0.333 e. The van der Waals surface area contributed by atoms with Crippen LogP contribution in [0.5, 0.6) is 0 Å². The lowest BCUT2D eigenvalue weighted by Crippen LogP contribution is -2.04. The topological polar surface area (TPSA) is 43.6 Å². The molecule has 0 unspecified atom stereocenters. The molecule has 0 aliphatic heterocycles. The first-order chi connectivity index (χ1) is 11.7. The first-order valence-electron chi connectivity index (χ1n) is 7.11. The van der Waals surface area contributed by atoms with Crippen molar-refractivity contribution >= 4 is 23.2 Å². The van der Waals surface area contributed by atoms with E-state index in [0.717, 1.165) is 11.8 Å². The third kappa shape index (κ3) is 3.93. The van der Waals surface area contributed by atoms with Crippen LogP contribution in [0.1, 0.15) is 17.0 Å². The predicted octanol–water partition coefficient (Wildman–Crippen LogP) is 4.79. The van der Waals surface area contributed by atoms with Crippen molar-refractivity contribution < 1.29 is 13.2 Å². The maximum Gasteiger partial charge on any atom is 0.434 e. The van der Waals surface area contributed by atoms with Gasteiger partial charge in [-0.25, -0.2) is 15.0 Å². The van der Waals surface area contributed by atoms with Gasteiger partial charge in [0.05, 0.1) is 16.9 Å². The number of benzene rings is 1. The number of rotatable bonds is 3. The van der Waals surface area contributed by atoms with Gasteiger partial charge in [-0.2, -0.15) is 13.2 Å². The molecular weight excluding hydrogens is 376 g/mol. The van der Waals surface area contributed by atoms with Crippen LogP contribution in [0.4, 0.5) is 13.2 Å². The fourth-order valence-corrected chi connectivity index (χ4v) is 2.65. The molecule has 0 bridgehead atoms. The van der Waals surface area contributed by atoms with Crippen molar-refractivity contribution in [2.45, 2.75) is 12.6 Å². The van der Waals surface area contributed by atoms with Crippen molar-refractivity contribution in [3.05, 3.63) is 63.9 Å². The molecule has 0 aliphatic carbocycles. The lowest BCUT2D eigenvalue weighted by molar-refractivity contribution is -0.140. The average Bonchev–Trinajstić information content (AvgIpc) is 2.94. The molecule has 0 fully saturated rings. The number of alkyl halides is 3. The number of hydrogen-bond donors (Lipinski definition) is 0. The van der Waals surface area contributed by atoms with E-state index < -0.39 is 11.9 Å². The predicted molar refractivity (Wildman–Crippen MR) is 88.5 cm³/mol. The molecule has 130 valence electrons. The molecule has 0 aliphatic rings. The molecule has 25 heavy (non-hydrogen) atoms. The Balaban J connectivity index is 1.86. The van der Waals surface area contributed by atoms with Crippen LogP contribution in [0.2, 0.25) is 10.3 Å². The summed E-state index contributed by atoms with van der Waals surface area (Å²) in [5.74, 6) is 0.238. The van der Waals surface area contributed by atoms with Gasteiger partial charge in [0, 0.05) is 25.2 Å². The average molecular weight is 387 g/mol. The summed E-state index contributed by atoms with van der Waals surface area (Å²) in [6.45, 7) is 0. The van der Waals surface area contributed by atoms with E-state index in [9.17, 15) is 13.2 Å². The standard InChI is InChI=1S/C16H11Cl2F3N4/c1-25-8-13(16(19,20)21)24-14(25)10-4-2-9(3-5-10)6-12-11(17)7-22-15(18)23-12/h2-5,7-8H,6H2,1H3. The van der Waals surface area contributed by atoms with Crippen LogP contribution in [0.3, 0.4) is 0 Å². The largest absolute Gasteiger partial charge is 0.434 e. The molecule has 2 heterocycles. The third-order valence-electron chi connectivity index (χ3n) is 3.54. The maximum absolute atomic E-state index is 12.8. The van der Waals surface area contributed by atoms with Crippen LogP contribution >= 0.6 is 23.2 Å². The highest BCUT2D eigenvalue weighted by molar-refractivity contribution is 6.31. The number of hydrogen-bond acceptors (Lipinski definition) is 3. The van der Waals surface area contributed by atoms with Gasteiger partial charge in [-0.15, -0.1) is 0 Å². The van der Waals surface area contributed by atoms with E-state index in [1.54, 1.807) is 24.3 Å². The summed E-state index contributed by atoms with van der Waals surface area (Å²) >= 11 is 11.8. The minimum atomic E-state index is -4.47. The van der Waals surface area contributed by atoms with Gasteiger partial charge in [0.2, 0.25) is 5.28 Å². The highest BCUT2D eigenvalue weighted by atomic mass is 35.5. The molecule has 0 N–H and O–H groups in total. The van der Waals surface area contributed by atoms with Crippen molar-refractivity contribution in [3.63, 3.8) is 0 Å². The van der Waals surface area contributed by atoms with Crippen molar-refractivity contribution in [2.24, 2.45) is 7.05 Å². The monoisotopic (exact) mass is 386 g/mol. The van der Waals surface area contributed by atoms with E-state index in [2.05, 4.69) is 15.0 Å². The van der Waals surface area contributed by atoms with Crippen LogP contribution in [-0.2, 0) is 19.6 Å². The van der Waals surface area contributed by atoms with Gasteiger partial charge < -0.3 is 4.57 Å². The lowest BCUT2D eigenvalue weighted by atomic mass is 10.1. The molecule has 9 heteroatoms. The molecular formula is C16H11Cl2F3N4. The number of halogens is 5. The normalized spacial score (nSPS) is 11.8. The van der Waals surface area contributed by atoms with Crippen molar-refractivity contribution in [1.82, 2.24) is 19.5 Å². The van der Waals surface area contributed by atoms with E-state index >= 15 is 0 Å². The summed E-state index contributed by atoms with van der Waals surface area (Å²) in [7, 11) is 1.52. The van der Waals surface area contributed by atoms with E-state index in [4.69, 9.17) is 23.2 Å². The molecule has 3 rings (SSSR count). The summed E-state index contributed by atoms with van der Waals surface area (Å²) in [4.78, 5) is 11.5. The third-order valence-corrected chi connectivity index (χ3v) is 4.04. The van der Waals surface area contributed by atoms with Crippen LogP contribution in [-0.4, -0.2) is 19.5 Å². The molecule has 3 aromatic rings. The van der Waals surface area contributed by atoms with Gasteiger partial charge >= 0.3 is 6.18 Å². The fraction of sp³-hybridized carbons (Fsp3) is 0.188. The van der Waals surface area contributed by atoms with E-state index in [0.29, 0.717) is 22.7 Å². The Kier molecular flexibility index (Phi) is 4.71. The second kappa shape index (κ2) is 6.65. The van der Waals surface area contributed by atoms with Gasteiger partial charge in [-0.3, -0.25) is 0 Å². The number of imidazole rings is 1. The van der Waals surface area contributed by atoms with Gasteiger partial charge in [0.15, 0.2) is 5.69 Å². The quantitative estimate of drug-likeness (QED) is 0.607. The fourth-order valence-electron chi connectivity index (χ4n) is 2.34. The Hall–Kier alpha value is -2.12. The van der Waals surface area contributed by atoms with Gasteiger partial charge in [0.1, 0.15) is 5.82 Å². The number of aromatic nitrogens is 4. The molecule has 0 atom stereocenters. The first kappa shape index (κ1) is 17.7. The number of aryl methyl sites for hydroxylation is 1. The zero-order valence-electron chi connectivity index (χ0n) is 12.8. The Morgan fingerprint density at radius 2 is 1.76 bits per heavy atom. The Morgan fingerprint density at radius 3 is 2.36 bits per heavy atom. The minimum absolute atomic E-state index is 0.101. The summed E-state index contributed by atoms with van der Waals surface area (Å²) in [6.07, 6.45) is -1.66. The molecule has 0 spiro atoms. The molecule has 1 aromatic carbocycles. The van der Waals surface area contributed by atoms with Crippen LogP contribution in [0, 0.1) is 0 Å². The summed E-state index contributed by atoms with van der Waals surface area (Å²) in [6, 6.07) is 6.97. The zero-order valence-corrected chi connectivity index (χ0v) is 14.4. The van der Waals surface area contributed by atoms with Crippen molar-refractivity contribution in [3.8, 4) is 11.4 Å². The van der Waals surface area contributed by atoms with E-state index in [1.807, 2.05) is 0 Å². The highest BCUT2D eigenvalue weighted by Crippen LogP contribution is 2.30. The first-order valence-corrected chi connectivity index (χ1v) is 7.86. The van der Waals surface area contributed by atoms with Crippen LogP contribution in [0.25, 0.3) is 11.4 Å². The smallest absolute Gasteiger partial charge is 0.333 e. The molecule has 2 aromatic heterocycles. The molecule has 0 saturated heterocycles. The van der Waals surface area contributed by atoms with Crippen molar-refractivity contribution in [2.75, 3.05) is 0 Å². The van der Waals surface area contributed by atoms with Crippen molar-refractivity contribution in [1.29, 1.82) is 0 Å². The highest BCUT2D eigenvalue weighted by Gasteiger charge is 2.34. The summed E-state index contributed by atoms with van der Waals surface area (Å²) in [5, 5.41) is 0.496. The molecule has 0 radical (unpaired) electrons. The second-order valence-electron chi connectivity index (χ2n) is 5.37. The summed E-state index contributed by atoms with van der Waals surface area (Å²) in [5.41, 5.74) is 1.11. The zero-order chi connectivity index (χ0) is 18.2. The Bertz CT molecular complexity index is 905. The van der Waals surface area contributed by atoms with Gasteiger partial charge in [-0.05, 0) is 17.2 Å².